The van der Waals surface area contributed by atoms with E-state index in [2.05, 4.69) is 19.2 Å². The first kappa shape index (κ1) is 17.4. The summed E-state index contributed by atoms with van der Waals surface area (Å²) in [4.78, 5) is 13.2. The lowest BCUT2D eigenvalue weighted by molar-refractivity contribution is -0.131. The topological polar surface area (TPSA) is 41.6 Å². The second-order valence-corrected chi connectivity index (χ2v) is 5.52. The van der Waals surface area contributed by atoms with E-state index in [-0.39, 0.29) is 18.3 Å². The molecule has 0 radical (unpaired) electrons. The number of amides is 1. The highest BCUT2D eigenvalue weighted by Crippen LogP contribution is 2.16. The van der Waals surface area contributed by atoms with Gasteiger partial charge in [-0.3, -0.25) is 4.79 Å². The van der Waals surface area contributed by atoms with Crippen molar-refractivity contribution in [1.82, 2.24) is 10.2 Å². The second kappa shape index (κ2) is 8.62. The summed E-state index contributed by atoms with van der Waals surface area (Å²) in [6.07, 6.45) is 0. The van der Waals surface area contributed by atoms with Gasteiger partial charge in [0.15, 0.2) is 6.61 Å². The fourth-order valence-electron chi connectivity index (χ4n) is 1.74. The van der Waals surface area contributed by atoms with Crippen LogP contribution in [-0.4, -0.2) is 37.6 Å². The molecule has 1 aromatic carbocycles. The fourth-order valence-corrected chi connectivity index (χ4v) is 1.74. The Balaban J connectivity index is 2.58. The minimum Gasteiger partial charge on any atom is -0.484 e. The number of nitrogens with zero attached hydrogens (tertiary/aromatic N) is 1. The summed E-state index contributed by atoms with van der Waals surface area (Å²) < 4.78 is 18.9. The molecule has 0 aliphatic rings. The lowest BCUT2D eigenvalue weighted by Crippen LogP contribution is -2.31. The van der Waals surface area contributed by atoms with Crippen molar-refractivity contribution in [3.63, 3.8) is 0 Å². The Morgan fingerprint density at radius 3 is 2.71 bits per heavy atom. The Morgan fingerprint density at radius 2 is 2.10 bits per heavy atom. The van der Waals surface area contributed by atoms with Crippen molar-refractivity contribution in [3.8, 4) is 5.75 Å². The first-order valence-electron chi connectivity index (χ1n) is 7.29. The zero-order valence-corrected chi connectivity index (χ0v) is 13.3. The van der Waals surface area contributed by atoms with Crippen LogP contribution in [0.3, 0.4) is 0 Å². The van der Waals surface area contributed by atoms with Gasteiger partial charge in [-0.2, -0.15) is 0 Å². The van der Waals surface area contributed by atoms with Crippen LogP contribution in [0.1, 0.15) is 26.3 Å². The number of carbonyl (C=O) groups excluding carboxylic acids is 1. The highest BCUT2D eigenvalue weighted by molar-refractivity contribution is 5.77. The number of ether oxygens (including phenoxy) is 1. The summed E-state index contributed by atoms with van der Waals surface area (Å²) in [6, 6.07) is 4.53. The Kier molecular flexibility index (Phi) is 7.15. The lowest BCUT2D eigenvalue weighted by atomic mass is 10.2. The molecule has 4 nitrogen and oxygen atoms in total. The molecule has 0 fully saturated rings. The Labute approximate surface area is 126 Å². The van der Waals surface area contributed by atoms with Crippen molar-refractivity contribution in [2.45, 2.75) is 27.3 Å². The van der Waals surface area contributed by atoms with E-state index in [9.17, 15) is 9.18 Å². The van der Waals surface area contributed by atoms with E-state index in [1.807, 2.05) is 6.92 Å². The number of rotatable bonds is 8. The normalized spacial score (nSPS) is 10.8. The smallest absolute Gasteiger partial charge is 0.260 e. The van der Waals surface area contributed by atoms with Crippen molar-refractivity contribution < 1.29 is 13.9 Å². The third kappa shape index (κ3) is 6.58. The van der Waals surface area contributed by atoms with Crippen LogP contribution in [0.5, 0.6) is 5.75 Å². The van der Waals surface area contributed by atoms with Crippen molar-refractivity contribution in [3.05, 3.63) is 29.6 Å². The Bertz CT molecular complexity index is 464. The van der Waals surface area contributed by atoms with E-state index in [1.165, 1.54) is 12.1 Å². The molecular formula is C16H25FN2O2. The first-order chi connectivity index (χ1) is 9.92. The van der Waals surface area contributed by atoms with Gasteiger partial charge in [0, 0.05) is 26.2 Å². The van der Waals surface area contributed by atoms with Gasteiger partial charge in [-0.25, -0.2) is 4.39 Å². The standard InChI is InChI=1S/C16H25FN2O2/c1-5-19(4)16(20)11-21-15-7-13(6-14(17)8-15)10-18-9-12(2)3/h6-8,12,18H,5,9-11H2,1-4H3. The summed E-state index contributed by atoms with van der Waals surface area (Å²) in [5.74, 6) is 0.442. The minimum absolute atomic E-state index is 0.0767. The largest absolute Gasteiger partial charge is 0.484 e. The number of halogens is 1. The highest BCUT2D eigenvalue weighted by Gasteiger charge is 2.09. The average Bonchev–Trinajstić information content (AvgIpc) is 2.43. The number of likely N-dealkylation sites (N-methyl/N-ethyl adjacent to an activating group) is 1. The zero-order chi connectivity index (χ0) is 15.8. The molecule has 0 bridgehead atoms. The number of carbonyl (C=O) groups is 1. The third-order valence-electron chi connectivity index (χ3n) is 3.08. The van der Waals surface area contributed by atoms with Gasteiger partial charge in [0.25, 0.3) is 5.91 Å². The van der Waals surface area contributed by atoms with Crippen LogP contribution in [0.2, 0.25) is 0 Å². The second-order valence-electron chi connectivity index (χ2n) is 5.52. The van der Waals surface area contributed by atoms with Crippen LogP contribution in [-0.2, 0) is 11.3 Å². The molecule has 0 atom stereocenters. The number of nitrogens with one attached hydrogen (secondary N) is 1. The van der Waals surface area contributed by atoms with Crippen LogP contribution < -0.4 is 10.1 Å². The number of benzene rings is 1. The summed E-state index contributed by atoms with van der Waals surface area (Å²) in [6.45, 7) is 8.11. The predicted octanol–water partition coefficient (Wildman–Crippen LogP) is 2.43. The summed E-state index contributed by atoms with van der Waals surface area (Å²) in [7, 11) is 1.71. The molecule has 0 unspecified atom stereocenters. The highest BCUT2D eigenvalue weighted by atomic mass is 19.1. The van der Waals surface area contributed by atoms with Gasteiger partial charge in [0.05, 0.1) is 0 Å². The zero-order valence-electron chi connectivity index (χ0n) is 13.3. The molecule has 0 saturated carbocycles. The van der Waals surface area contributed by atoms with E-state index in [0.717, 1.165) is 12.1 Å². The van der Waals surface area contributed by atoms with Crippen molar-refractivity contribution >= 4 is 5.91 Å². The molecule has 118 valence electrons. The molecular weight excluding hydrogens is 271 g/mol. The molecule has 21 heavy (non-hydrogen) atoms. The maximum absolute atomic E-state index is 13.6. The minimum atomic E-state index is -0.356. The number of hydrogen-bond donors (Lipinski definition) is 1. The van der Waals surface area contributed by atoms with Gasteiger partial charge in [-0.05, 0) is 37.1 Å². The average molecular weight is 296 g/mol. The van der Waals surface area contributed by atoms with Gasteiger partial charge < -0.3 is 15.0 Å². The fraction of sp³-hybridized carbons (Fsp3) is 0.562. The first-order valence-corrected chi connectivity index (χ1v) is 7.29. The molecule has 1 N–H and O–H groups in total. The van der Waals surface area contributed by atoms with Crippen LogP contribution >= 0.6 is 0 Å². The molecule has 1 amide bonds. The monoisotopic (exact) mass is 296 g/mol. The van der Waals surface area contributed by atoms with E-state index < -0.39 is 0 Å². The number of hydrogen-bond acceptors (Lipinski definition) is 3. The van der Waals surface area contributed by atoms with Crippen LogP contribution in [0.25, 0.3) is 0 Å². The van der Waals surface area contributed by atoms with Crippen molar-refractivity contribution in [1.29, 1.82) is 0 Å². The SMILES string of the molecule is CCN(C)C(=O)COc1cc(F)cc(CNCC(C)C)c1. The van der Waals surface area contributed by atoms with Crippen LogP contribution in [0.4, 0.5) is 4.39 Å². The molecule has 0 saturated heterocycles. The third-order valence-corrected chi connectivity index (χ3v) is 3.08. The summed E-state index contributed by atoms with van der Waals surface area (Å²) >= 11 is 0. The van der Waals surface area contributed by atoms with Crippen LogP contribution in [0.15, 0.2) is 18.2 Å². The summed E-state index contributed by atoms with van der Waals surface area (Å²) in [5.41, 5.74) is 0.807. The maximum Gasteiger partial charge on any atom is 0.260 e. The maximum atomic E-state index is 13.6. The van der Waals surface area contributed by atoms with Gasteiger partial charge in [-0.1, -0.05) is 13.8 Å². The molecule has 0 aliphatic carbocycles. The molecule has 0 aromatic heterocycles. The van der Waals surface area contributed by atoms with E-state index in [0.29, 0.717) is 24.8 Å². The van der Waals surface area contributed by atoms with Gasteiger partial charge in [0.1, 0.15) is 11.6 Å². The van der Waals surface area contributed by atoms with Gasteiger partial charge in [-0.15, -0.1) is 0 Å². The van der Waals surface area contributed by atoms with Gasteiger partial charge in [0.2, 0.25) is 0 Å². The van der Waals surface area contributed by atoms with Gasteiger partial charge >= 0.3 is 0 Å². The van der Waals surface area contributed by atoms with Crippen molar-refractivity contribution in [2.24, 2.45) is 5.92 Å². The molecule has 5 heteroatoms. The predicted molar refractivity (Wildman–Crippen MR) is 81.8 cm³/mol. The Hall–Kier alpha value is -1.62. The molecule has 1 aromatic rings. The molecule has 0 spiro atoms. The Morgan fingerprint density at radius 1 is 1.38 bits per heavy atom. The quantitative estimate of drug-likeness (QED) is 0.801. The van der Waals surface area contributed by atoms with E-state index in [1.54, 1.807) is 18.0 Å². The molecule has 0 heterocycles. The van der Waals surface area contributed by atoms with E-state index in [4.69, 9.17) is 4.74 Å². The molecule has 1 rings (SSSR count). The lowest BCUT2D eigenvalue weighted by Gasteiger charge is -2.15. The van der Waals surface area contributed by atoms with Crippen LogP contribution in [0, 0.1) is 11.7 Å². The van der Waals surface area contributed by atoms with Crippen molar-refractivity contribution in [2.75, 3.05) is 26.7 Å². The summed E-state index contributed by atoms with van der Waals surface area (Å²) in [5, 5.41) is 3.25. The molecule has 0 aliphatic heterocycles. The van der Waals surface area contributed by atoms with E-state index >= 15 is 0 Å².